The van der Waals surface area contributed by atoms with Crippen LogP contribution in [0.4, 0.5) is 9.59 Å². The molecule has 0 unspecified atom stereocenters. The van der Waals surface area contributed by atoms with Gasteiger partial charge in [-0.3, -0.25) is 14.9 Å². The average Bonchev–Trinajstić information content (AvgIpc) is 2.97. The number of carbonyl (C=O) groups excluding carboxylic acids is 2. The number of rotatable bonds is 5. The molecule has 138 valence electrons. The van der Waals surface area contributed by atoms with Crippen LogP contribution in [0.3, 0.4) is 0 Å². The number of imide groups is 1. The molecule has 6 nitrogen and oxygen atoms in total. The van der Waals surface area contributed by atoms with Gasteiger partial charge in [0.05, 0.1) is 4.91 Å². The molecule has 27 heavy (non-hydrogen) atoms. The van der Waals surface area contributed by atoms with Gasteiger partial charge in [-0.2, -0.15) is 0 Å². The minimum atomic E-state index is -0.937. The van der Waals surface area contributed by atoms with Crippen molar-refractivity contribution < 1.29 is 19.5 Å². The Morgan fingerprint density at radius 3 is 2.48 bits per heavy atom. The predicted molar refractivity (Wildman–Crippen MR) is 105 cm³/mol. The number of nitrogens with zero attached hydrogens (tertiary/aromatic N) is 1. The Labute approximate surface area is 160 Å². The van der Waals surface area contributed by atoms with E-state index in [9.17, 15) is 19.5 Å². The van der Waals surface area contributed by atoms with E-state index in [1.807, 2.05) is 55.5 Å². The second kappa shape index (κ2) is 8.09. The third-order valence-corrected chi connectivity index (χ3v) is 4.95. The van der Waals surface area contributed by atoms with E-state index in [0.717, 1.165) is 34.0 Å². The molecule has 0 atom stereocenters. The van der Waals surface area contributed by atoms with E-state index in [2.05, 4.69) is 5.32 Å². The Balaban J connectivity index is 1.78. The first-order valence-electron chi connectivity index (χ1n) is 8.38. The summed E-state index contributed by atoms with van der Waals surface area (Å²) in [6.07, 6.45) is 0.740. The molecule has 7 heteroatoms. The summed E-state index contributed by atoms with van der Waals surface area (Å²) in [6.45, 7) is 2.57. The summed E-state index contributed by atoms with van der Waals surface area (Å²) >= 11 is 0.890. The number of nitrogens with one attached hydrogen (secondary N) is 1. The van der Waals surface area contributed by atoms with E-state index in [1.165, 1.54) is 4.90 Å². The molecule has 0 saturated carbocycles. The van der Waals surface area contributed by atoms with E-state index in [-0.39, 0.29) is 11.1 Å². The highest BCUT2D eigenvalue weighted by molar-refractivity contribution is 8.18. The third-order valence-electron chi connectivity index (χ3n) is 4.14. The Morgan fingerprint density at radius 1 is 1.15 bits per heavy atom. The van der Waals surface area contributed by atoms with Crippen LogP contribution in [0.2, 0.25) is 0 Å². The fraction of sp³-hybridized carbons (Fsp3) is 0.150. The maximum Gasteiger partial charge on any atom is 0.407 e. The first kappa shape index (κ1) is 18.7. The first-order valence-corrected chi connectivity index (χ1v) is 9.20. The number of benzene rings is 2. The normalized spacial score (nSPS) is 15.1. The smallest absolute Gasteiger partial charge is 0.407 e. The molecule has 1 saturated heterocycles. The van der Waals surface area contributed by atoms with Gasteiger partial charge in [-0.05, 0) is 53.1 Å². The van der Waals surface area contributed by atoms with Crippen LogP contribution in [0.15, 0.2) is 53.4 Å². The van der Waals surface area contributed by atoms with Crippen molar-refractivity contribution in [2.45, 2.75) is 13.5 Å². The van der Waals surface area contributed by atoms with Gasteiger partial charge >= 0.3 is 6.09 Å². The lowest BCUT2D eigenvalue weighted by Crippen LogP contribution is -2.28. The fourth-order valence-corrected chi connectivity index (χ4v) is 3.41. The summed E-state index contributed by atoms with van der Waals surface area (Å²) in [4.78, 5) is 35.7. The largest absolute Gasteiger partial charge is 0.465 e. The minimum Gasteiger partial charge on any atom is -0.465 e. The monoisotopic (exact) mass is 382 g/mol. The molecule has 1 fully saturated rings. The predicted octanol–water partition coefficient (Wildman–Crippen LogP) is 4.18. The third kappa shape index (κ3) is 4.57. The summed E-state index contributed by atoms with van der Waals surface area (Å²) in [5.41, 5.74) is 3.71. The zero-order valence-electron chi connectivity index (χ0n) is 14.6. The van der Waals surface area contributed by atoms with E-state index in [1.54, 1.807) is 6.08 Å². The van der Waals surface area contributed by atoms with Crippen molar-refractivity contribution >= 4 is 35.1 Å². The number of carbonyl (C=O) groups is 3. The quantitative estimate of drug-likeness (QED) is 0.758. The van der Waals surface area contributed by atoms with E-state index in [4.69, 9.17) is 0 Å². The summed E-state index contributed by atoms with van der Waals surface area (Å²) in [6, 6.07) is 15.4. The number of amides is 3. The highest BCUT2D eigenvalue weighted by Crippen LogP contribution is 2.27. The standard InChI is InChI=1S/C20H18N2O4S/c1-2-22(20(25)26)12-14-4-3-5-16(10-14)15-8-6-13(7-9-15)11-17-18(23)21-19(24)27-17/h3-11H,2,12H2,1H3,(H,25,26)(H,21,23,24). The van der Waals surface area contributed by atoms with E-state index < -0.39 is 6.09 Å². The van der Waals surface area contributed by atoms with Gasteiger partial charge in [0.15, 0.2) is 0 Å². The second-order valence-corrected chi connectivity index (χ2v) is 6.99. The maximum atomic E-state index is 11.6. The van der Waals surface area contributed by atoms with Crippen LogP contribution in [0.1, 0.15) is 18.1 Å². The molecule has 0 bridgehead atoms. The van der Waals surface area contributed by atoms with Crippen LogP contribution in [0.5, 0.6) is 0 Å². The molecule has 0 radical (unpaired) electrons. The van der Waals surface area contributed by atoms with Crippen molar-refractivity contribution in [3.63, 3.8) is 0 Å². The summed E-state index contributed by atoms with van der Waals surface area (Å²) in [7, 11) is 0. The van der Waals surface area contributed by atoms with Gasteiger partial charge < -0.3 is 10.0 Å². The lowest BCUT2D eigenvalue weighted by molar-refractivity contribution is -0.115. The number of thioether (sulfide) groups is 1. The van der Waals surface area contributed by atoms with Gasteiger partial charge in [-0.1, -0.05) is 42.5 Å². The highest BCUT2D eigenvalue weighted by Gasteiger charge is 2.24. The van der Waals surface area contributed by atoms with Gasteiger partial charge in [0.2, 0.25) is 0 Å². The molecule has 1 aliphatic rings. The van der Waals surface area contributed by atoms with Crippen molar-refractivity contribution in [2.24, 2.45) is 0 Å². The molecule has 0 aliphatic carbocycles. The lowest BCUT2D eigenvalue weighted by Gasteiger charge is -2.17. The summed E-state index contributed by atoms with van der Waals surface area (Å²) < 4.78 is 0. The van der Waals surface area contributed by atoms with Crippen molar-refractivity contribution in [1.82, 2.24) is 10.2 Å². The number of carboxylic acid groups (broad SMARTS) is 1. The van der Waals surface area contributed by atoms with Gasteiger partial charge in [-0.25, -0.2) is 4.79 Å². The van der Waals surface area contributed by atoms with Crippen molar-refractivity contribution in [3.05, 3.63) is 64.6 Å². The van der Waals surface area contributed by atoms with Crippen LogP contribution < -0.4 is 5.32 Å². The van der Waals surface area contributed by atoms with E-state index >= 15 is 0 Å². The number of hydrogen-bond acceptors (Lipinski definition) is 4. The molecule has 1 aliphatic heterocycles. The molecule has 2 aromatic carbocycles. The zero-order chi connectivity index (χ0) is 19.4. The molecule has 3 amide bonds. The van der Waals surface area contributed by atoms with Crippen LogP contribution in [0, 0.1) is 0 Å². The van der Waals surface area contributed by atoms with Crippen LogP contribution >= 0.6 is 11.8 Å². The minimum absolute atomic E-state index is 0.338. The van der Waals surface area contributed by atoms with Crippen LogP contribution in [-0.4, -0.2) is 33.8 Å². The molecular formula is C20H18N2O4S. The molecule has 2 aromatic rings. The fourth-order valence-electron chi connectivity index (χ4n) is 2.73. The SMILES string of the molecule is CCN(Cc1cccc(-c2ccc(C=C3SC(=O)NC3=O)cc2)c1)C(=O)O. The van der Waals surface area contributed by atoms with E-state index in [0.29, 0.717) is 18.0 Å². The lowest BCUT2D eigenvalue weighted by atomic mass is 10.0. The molecule has 0 spiro atoms. The van der Waals surface area contributed by atoms with Crippen LogP contribution in [-0.2, 0) is 11.3 Å². The Hall–Kier alpha value is -3.06. The maximum absolute atomic E-state index is 11.6. The molecule has 3 rings (SSSR count). The highest BCUT2D eigenvalue weighted by atomic mass is 32.2. The molecular weight excluding hydrogens is 364 g/mol. The Morgan fingerprint density at radius 2 is 1.89 bits per heavy atom. The first-order chi connectivity index (χ1) is 13.0. The summed E-state index contributed by atoms with van der Waals surface area (Å²) in [5.74, 6) is -0.374. The van der Waals surface area contributed by atoms with Gasteiger partial charge in [-0.15, -0.1) is 0 Å². The molecule has 1 heterocycles. The topological polar surface area (TPSA) is 86.7 Å². The van der Waals surface area contributed by atoms with Gasteiger partial charge in [0, 0.05) is 13.1 Å². The van der Waals surface area contributed by atoms with Crippen LogP contribution in [0.25, 0.3) is 17.2 Å². The van der Waals surface area contributed by atoms with Gasteiger partial charge in [0.1, 0.15) is 0 Å². The summed E-state index contributed by atoms with van der Waals surface area (Å²) in [5, 5.41) is 11.0. The number of hydrogen-bond donors (Lipinski definition) is 2. The molecule has 2 N–H and O–H groups in total. The molecule has 0 aromatic heterocycles. The Bertz CT molecular complexity index is 922. The zero-order valence-corrected chi connectivity index (χ0v) is 15.5. The van der Waals surface area contributed by atoms with Crippen molar-refractivity contribution in [3.8, 4) is 11.1 Å². The Kier molecular flexibility index (Phi) is 5.61. The van der Waals surface area contributed by atoms with Crippen molar-refractivity contribution in [1.29, 1.82) is 0 Å². The van der Waals surface area contributed by atoms with Crippen molar-refractivity contribution in [2.75, 3.05) is 6.54 Å². The average molecular weight is 382 g/mol. The van der Waals surface area contributed by atoms with Gasteiger partial charge in [0.25, 0.3) is 11.1 Å². The second-order valence-electron chi connectivity index (χ2n) is 5.97.